The lowest BCUT2D eigenvalue weighted by atomic mass is 9.98. The predicted molar refractivity (Wildman–Crippen MR) is 144 cm³/mol. The number of nitrogens with zero attached hydrogens (tertiary/aromatic N) is 2. The number of halogens is 1. The summed E-state index contributed by atoms with van der Waals surface area (Å²) in [5.74, 6) is 0.138. The Labute approximate surface area is 212 Å². The number of anilines is 2. The molecule has 6 rings (SSSR count). The molecule has 2 aliphatic rings. The number of benzene rings is 2. The Morgan fingerprint density at radius 3 is 2.74 bits per heavy atom. The van der Waals surface area contributed by atoms with Crippen LogP contribution in [0.3, 0.4) is 0 Å². The number of carbonyl (C=O) groups is 2. The fraction of sp³-hybridized carbons (Fsp3) is 0.296. The maximum atomic E-state index is 12.7. The molecule has 0 bridgehead atoms. The zero-order valence-electron chi connectivity index (χ0n) is 19.3. The maximum Gasteiger partial charge on any atom is 0.263 e. The van der Waals surface area contributed by atoms with Crippen molar-refractivity contribution in [2.24, 2.45) is 5.92 Å². The lowest BCUT2D eigenvalue weighted by Crippen LogP contribution is -2.34. The van der Waals surface area contributed by atoms with Gasteiger partial charge in [0.15, 0.2) is 0 Å². The number of rotatable bonds is 3. The third kappa shape index (κ3) is 3.93. The smallest absolute Gasteiger partial charge is 0.263 e. The maximum absolute atomic E-state index is 12.7. The molecule has 8 heteroatoms. The molecular weight excluding hydrogens is 480 g/mol. The van der Waals surface area contributed by atoms with E-state index in [0.29, 0.717) is 11.6 Å². The zero-order valence-corrected chi connectivity index (χ0v) is 20.9. The Kier molecular flexibility index (Phi) is 5.61. The molecule has 0 radical (unpaired) electrons. The molecule has 0 spiro atoms. The fourth-order valence-electron chi connectivity index (χ4n) is 5.08. The summed E-state index contributed by atoms with van der Waals surface area (Å²) in [6, 6.07) is 14.3. The molecule has 2 aromatic heterocycles. The number of carbonyl (C=O) groups excluding carboxylic acids is 2. The first-order chi connectivity index (χ1) is 17.0. The van der Waals surface area contributed by atoms with Crippen molar-refractivity contribution in [3.63, 3.8) is 0 Å². The van der Waals surface area contributed by atoms with E-state index in [2.05, 4.69) is 27.7 Å². The number of hydrogen-bond donors (Lipinski definition) is 2. The molecule has 4 heterocycles. The van der Waals surface area contributed by atoms with Crippen LogP contribution in [0.25, 0.3) is 32.2 Å². The van der Waals surface area contributed by atoms with Crippen molar-refractivity contribution in [3.8, 4) is 11.3 Å². The van der Waals surface area contributed by atoms with Crippen LogP contribution in [0, 0.1) is 5.92 Å². The SMILES string of the molecule is CC1CNc2c(sc3ccc4nc(-c5ccc(N6CCC(C=O)CC6)cc5Cl)ccc4c23)C(=O)N1. The lowest BCUT2D eigenvalue weighted by molar-refractivity contribution is -0.111. The second-order valence-corrected chi connectivity index (χ2v) is 10.8. The number of piperidine rings is 1. The third-order valence-electron chi connectivity index (χ3n) is 7.02. The van der Waals surface area contributed by atoms with Gasteiger partial charge >= 0.3 is 0 Å². The molecule has 1 fully saturated rings. The van der Waals surface area contributed by atoms with Gasteiger partial charge in [0.1, 0.15) is 11.2 Å². The van der Waals surface area contributed by atoms with Crippen LogP contribution in [-0.2, 0) is 4.79 Å². The van der Waals surface area contributed by atoms with Crippen molar-refractivity contribution in [3.05, 3.63) is 52.4 Å². The van der Waals surface area contributed by atoms with Crippen LogP contribution < -0.4 is 15.5 Å². The summed E-state index contributed by atoms with van der Waals surface area (Å²) < 4.78 is 1.06. The summed E-state index contributed by atoms with van der Waals surface area (Å²) >= 11 is 8.25. The second kappa shape index (κ2) is 8.81. The number of aromatic nitrogens is 1. The molecule has 2 aliphatic heterocycles. The number of hydrogen-bond acceptors (Lipinski definition) is 6. The Hall–Kier alpha value is -3.16. The van der Waals surface area contributed by atoms with Gasteiger partial charge in [-0.05, 0) is 62.2 Å². The van der Waals surface area contributed by atoms with Crippen molar-refractivity contribution in [2.45, 2.75) is 25.8 Å². The van der Waals surface area contributed by atoms with Crippen LogP contribution >= 0.6 is 22.9 Å². The molecule has 1 amide bonds. The fourth-order valence-corrected chi connectivity index (χ4v) is 6.45. The molecule has 178 valence electrons. The van der Waals surface area contributed by atoms with Gasteiger partial charge in [0, 0.05) is 58.3 Å². The summed E-state index contributed by atoms with van der Waals surface area (Å²) in [4.78, 5) is 31.7. The monoisotopic (exact) mass is 504 g/mol. The van der Waals surface area contributed by atoms with Crippen LogP contribution in [0.5, 0.6) is 0 Å². The highest BCUT2D eigenvalue weighted by Crippen LogP contribution is 2.41. The molecule has 1 unspecified atom stereocenters. The summed E-state index contributed by atoms with van der Waals surface area (Å²) in [6.07, 6.45) is 2.84. The van der Waals surface area contributed by atoms with Gasteiger partial charge in [-0.25, -0.2) is 4.98 Å². The van der Waals surface area contributed by atoms with Gasteiger partial charge in [-0.3, -0.25) is 4.79 Å². The molecule has 6 nitrogen and oxygen atoms in total. The minimum absolute atomic E-state index is 0.0290. The summed E-state index contributed by atoms with van der Waals surface area (Å²) in [5, 5.41) is 9.23. The van der Waals surface area contributed by atoms with Gasteiger partial charge < -0.3 is 20.3 Å². The first kappa shape index (κ1) is 22.3. The lowest BCUT2D eigenvalue weighted by Gasteiger charge is -2.31. The molecule has 2 aromatic carbocycles. The van der Waals surface area contributed by atoms with E-state index < -0.39 is 0 Å². The Balaban J connectivity index is 1.36. The average Bonchev–Trinajstić information content (AvgIpc) is 3.20. The number of amides is 1. The van der Waals surface area contributed by atoms with Crippen LogP contribution in [0.4, 0.5) is 11.4 Å². The molecule has 1 atom stereocenters. The molecule has 2 N–H and O–H groups in total. The highest BCUT2D eigenvalue weighted by atomic mass is 35.5. The van der Waals surface area contributed by atoms with E-state index in [0.717, 1.165) is 80.7 Å². The van der Waals surface area contributed by atoms with Gasteiger partial charge in [0.2, 0.25) is 0 Å². The van der Waals surface area contributed by atoms with Crippen LogP contribution in [0.15, 0.2) is 42.5 Å². The number of fused-ring (bicyclic) bond motifs is 5. The van der Waals surface area contributed by atoms with E-state index in [9.17, 15) is 9.59 Å². The molecule has 0 saturated carbocycles. The molecular formula is C27H25ClN4O2S. The zero-order chi connectivity index (χ0) is 24.1. The van der Waals surface area contributed by atoms with Crippen molar-refractivity contribution >= 4 is 67.5 Å². The quantitative estimate of drug-likeness (QED) is 0.348. The largest absolute Gasteiger partial charge is 0.381 e. The third-order valence-corrected chi connectivity index (χ3v) is 8.48. The molecule has 0 aliphatic carbocycles. The first-order valence-corrected chi connectivity index (χ1v) is 13.1. The van der Waals surface area contributed by atoms with E-state index in [4.69, 9.17) is 16.6 Å². The van der Waals surface area contributed by atoms with Gasteiger partial charge in [0.05, 0.1) is 21.9 Å². The van der Waals surface area contributed by atoms with E-state index in [1.165, 1.54) is 11.3 Å². The van der Waals surface area contributed by atoms with Crippen LogP contribution in [-0.4, -0.2) is 42.9 Å². The summed E-state index contributed by atoms with van der Waals surface area (Å²) in [7, 11) is 0. The Morgan fingerprint density at radius 1 is 1.14 bits per heavy atom. The summed E-state index contributed by atoms with van der Waals surface area (Å²) in [5.41, 5.74) is 4.54. The number of nitrogens with one attached hydrogen (secondary N) is 2. The van der Waals surface area contributed by atoms with Gasteiger partial charge in [-0.2, -0.15) is 0 Å². The van der Waals surface area contributed by atoms with Gasteiger partial charge in [-0.1, -0.05) is 11.6 Å². The van der Waals surface area contributed by atoms with Gasteiger partial charge in [-0.15, -0.1) is 11.3 Å². The van der Waals surface area contributed by atoms with E-state index in [-0.39, 0.29) is 17.9 Å². The Bertz CT molecular complexity index is 1480. The minimum atomic E-state index is -0.0290. The normalized spacial score (nSPS) is 18.7. The van der Waals surface area contributed by atoms with Crippen molar-refractivity contribution < 1.29 is 9.59 Å². The molecule has 35 heavy (non-hydrogen) atoms. The van der Waals surface area contributed by atoms with Crippen LogP contribution in [0.2, 0.25) is 5.02 Å². The number of aldehydes is 1. The van der Waals surface area contributed by atoms with Crippen molar-refractivity contribution in [2.75, 3.05) is 29.9 Å². The predicted octanol–water partition coefficient (Wildman–Crippen LogP) is 5.73. The highest BCUT2D eigenvalue weighted by molar-refractivity contribution is 7.21. The van der Waals surface area contributed by atoms with Crippen LogP contribution in [0.1, 0.15) is 29.4 Å². The van der Waals surface area contributed by atoms with Crippen molar-refractivity contribution in [1.82, 2.24) is 10.3 Å². The Morgan fingerprint density at radius 2 is 1.97 bits per heavy atom. The molecule has 1 saturated heterocycles. The number of thiophene rings is 1. The van der Waals surface area contributed by atoms with Crippen molar-refractivity contribution in [1.29, 1.82) is 0 Å². The van der Waals surface area contributed by atoms with E-state index in [1.54, 1.807) is 0 Å². The summed E-state index contributed by atoms with van der Waals surface area (Å²) in [6.45, 7) is 4.40. The second-order valence-electron chi connectivity index (χ2n) is 9.39. The van der Waals surface area contributed by atoms with E-state index in [1.807, 2.05) is 37.3 Å². The standard InChI is InChI=1S/C27H25ClN4O2S/c1-15-13-29-25-24-19-4-5-21(31-22(19)6-7-23(24)35-26(25)27(34)30-15)18-3-2-17(12-20(18)28)32-10-8-16(14-33)9-11-32/h2-7,12,14-16,29H,8-11,13H2,1H3,(H,30,34). The minimum Gasteiger partial charge on any atom is -0.381 e. The number of pyridine rings is 1. The molecule has 4 aromatic rings. The van der Waals surface area contributed by atoms with Gasteiger partial charge in [0.25, 0.3) is 5.91 Å². The average molecular weight is 505 g/mol. The highest BCUT2D eigenvalue weighted by Gasteiger charge is 2.25. The topological polar surface area (TPSA) is 74.3 Å². The van der Waals surface area contributed by atoms with E-state index >= 15 is 0 Å². The first-order valence-electron chi connectivity index (χ1n) is 11.9.